The van der Waals surface area contributed by atoms with E-state index in [1.807, 2.05) is 23.1 Å². The van der Waals surface area contributed by atoms with E-state index in [0.29, 0.717) is 28.2 Å². The van der Waals surface area contributed by atoms with E-state index in [1.54, 1.807) is 30.6 Å². The van der Waals surface area contributed by atoms with Gasteiger partial charge < -0.3 is 10.2 Å². The number of pyridine rings is 1. The Morgan fingerprint density at radius 3 is 2.51 bits per heavy atom. The second-order valence-electron chi connectivity index (χ2n) is 10.7. The van der Waals surface area contributed by atoms with E-state index in [-0.39, 0.29) is 11.9 Å². The highest BCUT2D eigenvalue weighted by atomic mass is 35.5. The molecule has 0 saturated heterocycles. The van der Waals surface area contributed by atoms with Gasteiger partial charge in [-0.15, -0.1) is 11.3 Å². The molecule has 2 heterocycles. The highest BCUT2D eigenvalue weighted by Gasteiger charge is 2.32. The van der Waals surface area contributed by atoms with Crippen molar-refractivity contribution >= 4 is 54.6 Å². The van der Waals surface area contributed by atoms with Gasteiger partial charge in [-0.2, -0.15) is 0 Å². The number of fused-ring (bicyclic) bond motifs is 1. The lowest BCUT2D eigenvalue weighted by atomic mass is 9.89. The van der Waals surface area contributed by atoms with Crippen molar-refractivity contribution < 1.29 is 13.2 Å². The highest BCUT2D eigenvalue weighted by molar-refractivity contribution is 7.92. The molecule has 0 atom stereocenters. The van der Waals surface area contributed by atoms with Crippen LogP contribution in [0.25, 0.3) is 21.2 Å². The maximum Gasteiger partial charge on any atom is 0.266 e. The summed E-state index contributed by atoms with van der Waals surface area (Å²) in [4.78, 5) is 20.9. The summed E-state index contributed by atoms with van der Waals surface area (Å²) in [5, 5.41) is 4.79. The fourth-order valence-corrected chi connectivity index (χ4v) is 7.57. The average molecular weight is 611 g/mol. The zero-order chi connectivity index (χ0) is 29.0. The molecular formula is C31H35ClN4O3S2. The van der Waals surface area contributed by atoms with E-state index >= 15 is 0 Å². The SMILES string of the molecule is CCCNC1CCC(N(Cc2cccc(-c3ccncc3)c2)C(=O)c2sc3cc(NS(C)(=O)=O)ccc3c2Cl)CC1. The van der Waals surface area contributed by atoms with Gasteiger partial charge >= 0.3 is 0 Å². The number of rotatable bonds is 10. The number of sulfonamides is 1. The minimum Gasteiger partial charge on any atom is -0.331 e. The van der Waals surface area contributed by atoms with Gasteiger partial charge in [-0.05, 0) is 91.7 Å². The Bertz CT molecular complexity index is 1620. The second kappa shape index (κ2) is 12.9. The van der Waals surface area contributed by atoms with Crippen molar-refractivity contribution in [1.82, 2.24) is 15.2 Å². The number of halogens is 1. The zero-order valence-corrected chi connectivity index (χ0v) is 25.7. The van der Waals surface area contributed by atoms with Gasteiger partial charge in [0.1, 0.15) is 4.88 Å². The van der Waals surface area contributed by atoms with Crippen LogP contribution in [-0.2, 0) is 16.6 Å². The second-order valence-corrected chi connectivity index (χ2v) is 13.8. The average Bonchev–Trinajstić information content (AvgIpc) is 3.30. The lowest BCUT2D eigenvalue weighted by Crippen LogP contribution is -2.45. The number of carbonyl (C=O) groups is 1. The number of nitrogens with zero attached hydrogens (tertiary/aromatic N) is 2. The van der Waals surface area contributed by atoms with E-state index in [1.165, 1.54) is 11.3 Å². The molecule has 0 aliphatic heterocycles. The number of amides is 1. The standard InChI is InChI=1S/C31H35ClN4O3S2/c1-3-15-34-24-7-10-26(11-8-24)36(20-21-5-4-6-23(18-21)22-13-16-33-17-14-22)31(37)30-29(32)27-12-9-25(19-28(27)40-30)35-41(2,38)39/h4-6,9,12-14,16-19,24,26,34-35H,3,7-8,10-11,15,20H2,1-2H3. The molecule has 5 rings (SSSR count). The minimum absolute atomic E-state index is 0.0897. The van der Waals surface area contributed by atoms with Crippen LogP contribution in [0.1, 0.15) is 54.3 Å². The van der Waals surface area contributed by atoms with Gasteiger partial charge in [-0.1, -0.05) is 36.7 Å². The third kappa shape index (κ3) is 7.27. The molecule has 2 N–H and O–H groups in total. The minimum atomic E-state index is -3.42. The first kappa shape index (κ1) is 29.5. The van der Waals surface area contributed by atoms with Crippen LogP contribution < -0.4 is 10.0 Å². The Morgan fingerprint density at radius 2 is 1.80 bits per heavy atom. The van der Waals surface area contributed by atoms with Gasteiger partial charge in [0.05, 0.1) is 11.3 Å². The maximum atomic E-state index is 14.3. The molecule has 216 valence electrons. The molecule has 1 aliphatic carbocycles. The maximum absolute atomic E-state index is 14.3. The lowest BCUT2D eigenvalue weighted by Gasteiger charge is -2.37. The number of nitrogens with one attached hydrogen (secondary N) is 2. The Morgan fingerprint density at radius 1 is 1.05 bits per heavy atom. The first-order chi connectivity index (χ1) is 19.7. The van der Waals surface area contributed by atoms with E-state index < -0.39 is 10.0 Å². The van der Waals surface area contributed by atoms with Crippen LogP contribution in [0.5, 0.6) is 0 Å². The molecule has 0 bridgehead atoms. The van der Waals surface area contributed by atoms with Crippen LogP contribution in [0.4, 0.5) is 5.69 Å². The van der Waals surface area contributed by atoms with E-state index in [0.717, 1.165) is 71.7 Å². The molecule has 2 aromatic heterocycles. The lowest BCUT2D eigenvalue weighted by molar-refractivity contribution is 0.0605. The number of anilines is 1. The first-order valence-corrected chi connectivity index (χ1v) is 17.0. The number of aromatic nitrogens is 1. The zero-order valence-electron chi connectivity index (χ0n) is 23.3. The fourth-order valence-electron chi connectivity index (χ4n) is 5.51. The first-order valence-electron chi connectivity index (χ1n) is 14.0. The van der Waals surface area contributed by atoms with Crippen LogP contribution in [-0.4, -0.2) is 49.1 Å². The van der Waals surface area contributed by atoms with Crippen LogP contribution in [0.2, 0.25) is 5.02 Å². The topological polar surface area (TPSA) is 91.4 Å². The van der Waals surface area contributed by atoms with Crippen molar-refractivity contribution in [3.8, 4) is 11.1 Å². The van der Waals surface area contributed by atoms with Crippen LogP contribution in [0.15, 0.2) is 67.0 Å². The number of hydrogen-bond acceptors (Lipinski definition) is 6. The molecule has 0 spiro atoms. The molecular weight excluding hydrogens is 576 g/mol. The van der Waals surface area contributed by atoms with Crippen molar-refractivity contribution in [3.05, 3.63) is 82.5 Å². The number of benzene rings is 2. The van der Waals surface area contributed by atoms with Gasteiger partial charge in [0.25, 0.3) is 5.91 Å². The molecule has 1 fully saturated rings. The van der Waals surface area contributed by atoms with E-state index in [2.05, 4.69) is 40.1 Å². The van der Waals surface area contributed by atoms with Crippen LogP contribution in [0.3, 0.4) is 0 Å². The smallest absolute Gasteiger partial charge is 0.266 e. The summed E-state index contributed by atoms with van der Waals surface area (Å²) in [6, 6.07) is 18.0. The molecule has 4 aromatic rings. The molecule has 10 heteroatoms. The molecule has 1 saturated carbocycles. The quantitative estimate of drug-likeness (QED) is 0.203. The largest absolute Gasteiger partial charge is 0.331 e. The highest BCUT2D eigenvalue weighted by Crippen LogP contribution is 2.39. The van der Waals surface area contributed by atoms with E-state index in [4.69, 9.17) is 11.6 Å². The Kier molecular flexibility index (Phi) is 9.28. The Labute approximate surface area is 251 Å². The normalized spacial score (nSPS) is 17.4. The van der Waals surface area contributed by atoms with Gasteiger partial charge in [0.15, 0.2) is 0 Å². The summed E-state index contributed by atoms with van der Waals surface area (Å²) in [5.41, 5.74) is 3.65. The third-order valence-electron chi connectivity index (χ3n) is 7.50. The summed E-state index contributed by atoms with van der Waals surface area (Å²) in [7, 11) is -3.42. The monoisotopic (exact) mass is 610 g/mol. The summed E-state index contributed by atoms with van der Waals surface area (Å²) in [6.45, 7) is 3.66. The number of carbonyl (C=O) groups excluding carboxylic acids is 1. The number of thiophene rings is 1. The van der Waals surface area contributed by atoms with Gasteiger partial charge in [0, 0.05) is 46.8 Å². The molecule has 1 aliphatic rings. The van der Waals surface area contributed by atoms with Crippen molar-refractivity contribution in [2.45, 2.75) is 57.7 Å². The van der Waals surface area contributed by atoms with Crippen molar-refractivity contribution in [2.75, 3.05) is 17.5 Å². The van der Waals surface area contributed by atoms with Gasteiger partial charge in [-0.3, -0.25) is 14.5 Å². The van der Waals surface area contributed by atoms with Gasteiger partial charge in [-0.25, -0.2) is 8.42 Å². The molecule has 0 unspecified atom stereocenters. The van der Waals surface area contributed by atoms with Gasteiger partial charge in [0.2, 0.25) is 10.0 Å². The Hall–Kier alpha value is -2.98. The summed E-state index contributed by atoms with van der Waals surface area (Å²) < 4.78 is 26.8. The molecule has 41 heavy (non-hydrogen) atoms. The predicted octanol–water partition coefficient (Wildman–Crippen LogP) is 6.94. The van der Waals surface area contributed by atoms with Crippen molar-refractivity contribution in [1.29, 1.82) is 0 Å². The number of hydrogen-bond donors (Lipinski definition) is 2. The van der Waals surface area contributed by atoms with Crippen molar-refractivity contribution in [2.24, 2.45) is 0 Å². The molecule has 1 amide bonds. The van der Waals surface area contributed by atoms with Crippen molar-refractivity contribution in [3.63, 3.8) is 0 Å². The van der Waals surface area contributed by atoms with Crippen LogP contribution in [0, 0.1) is 0 Å². The fraction of sp³-hybridized carbons (Fsp3) is 0.355. The summed E-state index contributed by atoms with van der Waals surface area (Å²) >= 11 is 8.13. The predicted molar refractivity (Wildman–Crippen MR) is 169 cm³/mol. The molecule has 0 radical (unpaired) electrons. The third-order valence-corrected chi connectivity index (χ3v) is 9.75. The van der Waals surface area contributed by atoms with E-state index in [9.17, 15) is 13.2 Å². The summed E-state index contributed by atoms with van der Waals surface area (Å²) in [5.74, 6) is -0.0897. The Balaban J connectivity index is 1.45. The van der Waals surface area contributed by atoms with Crippen LogP contribution >= 0.6 is 22.9 Å². The summed E-state index contributed by atoms with van der Waals surface area (Å²) in [6.07, 6.45) is 9.65. The molecule has 2 aromatic carbocycles. The molecule has 7 nitrogen and oxygen atoms in total.